The maximum Gasteiger partial charge on any atom is 0.207 e. The van der Waals surface area contributed by atoms with Gasteiger partial charge in [-0.1, -0.05) is 103 Å². The molecule has 2 N–H and O–H groups in total. The lowest BCUT2D eigenvalue weighted by Gasteiger charge is -2.11. The molecule has 60 heavy (non-hydrogen) atoms. The van der Waals surface area contributed by atoms with Gasteiger partial charge in [-0.05, 0) is 83.0 Å². The van der Waals surface area contributed by atoms with Crippen molar-refractivity contribution in [2.75, 3.05) is 0 Å². The van der Waals surface area contributed by atoms with E-state index >= 15 is 0 Å². The van der Waals surface area contributed by atoms with Crippen LogP contribution < -0.4 is 4.74 Å². The maximum absolute atomic E-state index is 14.6. The van der Waals surface area contributed by atoms with Crippen LogP contribution in [-0.2, 0) is 0 Å². The van der Waals surface area contributed by atoms with Gasteiger partial charge in [0.05, 0.1) is 22.8 Å². The molecule has 2 aliphatic heterocycles. The molecule has 0 radical (unpaired) electrons. The number of hydrogen-bond donors (Lipinski definition) is 2. The van der Waals surface area contributed by atoms with Crippen molar-refractivity contribution in [1.29, 1.82) is 0 Å². The molecule has 5 nitrogen and oxygen atoms in total. The molecule has 0 atom stereocenters. The molecule has 0 saturated carbocycles. The lowest BCUT2D eigenvalue weighted by atomic mass is 10.0. The first-order chi connectivity index (χ1) is 29.3. The molecule has 2 aliphatic rings. The van der Waals surface area contributed by atoms with Gasteiger partial charge in [0.25, 0.3) is 0 Å². The molecule has 0 saturated heterocycles. The van der Waals surface area contributed by atoms with E-state index in [9.17, 15) is 22.0 Å². The monoisotopic (exact) mass is 796 g/mol. The number of rotatable bonds is 6. The highest BCUT2D eigenvalue weighted by Crippen LogP contribution is 2.39. The highest BCUT2D eigenvalue weighted by atomic mass is 19.2. The second kappa shape index (κ2) is 14.8. The van der Waals surface area contributed by atoms with Gasteiger partial charge in [0, 0.05) is 44.3 Å². The highest BCUT2D eigenvalue weighted by Gasteiger charge is 2.28. The summed E-state index contributed by atoms with van der Waals surface area (Å²) in [5, 5.41) is 0. The fourth-order valence-electron chi connectivity index (χ4n) is 7.72. The summed E-state index contributed by atoms with van der Waals surface area (Å²) in [4.78, 5) is 17.9. The van der Waals surface area contributed by atoms with Crippen molar-refractivity contribution in [3.8, 4) is 56.0 Å². The Kier molecular flexibility index (Phi) is 9.02. The molecule has 3 aromatic heterocycles. The van der Waals surface area contributed by atoms with Crippen LogP contribution in [0.25, 0.3) is 90.9 Å². The number of ether oxygens (including phenoxy) is 1. The Morgan fingerprint density at radius 3 is 0.967 bits per heavy atom. The van der Waals surface area contributed by atoms with E-state index in [0.29, 0.717) is 28.0 Å². The molecule has 10 rings (SSSR count). The first kappa shape index (κ1) is 36.5. The van der Waals surface area contributed by atoms with Gasteiger partial charge in [-0.2, -0.15) is 8.78 Å². The van der Waals surface area contributed by atoms with Crippen LogP contribution in [0.5, 0.6) is 11.5 Å². The number of aromatic nitrogens is 4. The smallest absolute Gasteiger partial charge is 0.207 e. The average molecular weight is 797 g/mol. The SMILES string of the molecule is Fc1c(F)c(F)c(Oc2ccc(-c3c4nc(c(-c5ccccc5)c5ccc([nH]5)c(-c5ccccc5)c5nc(c(-c6ccccc6)c6ccc3[nH]6)C=C5)C=C4)cc2)c(F)c1F. The molecule has 5 aromatic carbocycles. The van der Waals surface area contributed by atoms with Crippen LogP contribution in [0.1, 0.15) is 22.8 Å². The summed E-state index contributed by atoms with van der Waals surface area (Å²) < 4.78 is 76.2. The van der Waals surface area contributed by atoms with E-state index in [0.717, 1.165) is 61.3 Å². The Bertz CT molecular complexity index is 3150. The molecule has 290 valence electrons. The Labute approximate surface area is 339 Å². The Hall–Kier alpha value is -7.85. The summed E-state index contributed by atoms with van der Waals surface area (Å²) in [5.74, 6) is -12.1. The van der Waals surface area contributed by atoms with E-state index in [-0.39, 0.29) is 5.75 Å². The molecule has 0 aliphatic carbocycles. The highest BCUT2D eigenvalue weighted by molar-refractivity contribution is 5.99. The molecule has 8 bridgehead atoms. The van der Waals surface area contributed by atoms with Crippen LogP contribution >= 0.6 is 0 Å². The topological polar surface area (TPSA) is 66.6 Å². The number of fused-ring (bicyclic) bond motifs is 8. The van der Waals surface area contributed by atoms with Gasteiger partial charge in [-0.3, -0.25) is 0 Å². The summed E-state index contributed by atoms with van der Waals surface area (Å²) in [7, 11) is 0. The first-order valence-corrected chi connectivity index (χ1v) is 18.9. The third-order valence-corrected chi connectivity index (χ3v) is 10.5. The predicted molar refractivity (Wildman–Crippen MR) is 227 cm³/mol. The van der Waals surface area contributed by atoms with Crippen LogP contribution in [0.2, 0.25) is 0 Å². The van der Waals surface area contributed by atoms with E-state index in [1.165, 1.54) is 12.1 Å². The molecule has 8 aromatic rings. The standard InChI is InChI=1S/C50H29F5N4O/c51-45-46(52)48(54)50(49(55)47(45)53)60-32-18-16-31(17-19-32)44-39-26-24-37(58-39)42(29-12-6-2-7-13-29)35-22-20-33(56-35)41(28-10-4-1-5-11-28)34-21-23-36(57-34)43(30-14-8-3-9-15-30)38-25-27-40(44)59-38/h1-27,56,59H. The minimum absolute atomic E-state index is 0.147. The minimum atomic E-state index is -2.27. The normalized spacial score (nSPS) is 11.9. The number of hydrogen-bond acceptors (Lipinski definition) is 3. The Balaban J connectivity index is 1.26. The predicted octanol–water partition coefficient (Wildman–Crippen LogP) is 13.8. The molecule has 5 heterocycles. The quantitative estimate of drug-likeness (QED) is 0.100. The van der Waals surface area contributed by atoms with Gasteiger partial charge in [0.2, 0.25) is 34.8 Å². The molecule has 0 fully saturated rings. The molecule has 0 amide bonds. The van der Waals surface area contributed by atoms with Crippen LogP contribution in [0.4, 0.5) is 22.0 Å². The molecular weight excluding hydrogens is 768 g/mol. The molecular formula is C50H29F5N4O. The Morgan fingerprint density at radius 2 is 0.633 bits per heavy atom. The fourth-order valence-corrected chi connectivity index (χ4v) is 7.72. The van der Waals surface area contributed by atoms with Gasteiger partial charge in [-0.25, -0.2) is 23.1 Å². The zero-order valence-corrected chi connectivity index (χ0v) is 31.3. The number of nitrogens with one attached hydrogen (secondary N) is 2. The zero-order chi connectivity index (χ0) is 40.9. The summed E-state index contributed by atoms with van der Waals surface area (Å²) in [5.41, 5.74) is 12.8. The van der Waals surface area contributed by atoms with Gasteiger partial charge >= 0.3 is 0 Å². The second-order valence-corrected chi connectivity index (χ2v) is 14.1. The summed E-state index contributed by atoms with van der Waals surface area (Å²) in [6.07, 6.45) is 7.92. The number of benzene rings is 5. The molecule has 10 heteroatoms. The number of nitrogens with zero attached hydrogens (tertiary/aromatic N) is 2. The van der Waals surface area contributed by atoms with E-state index in [1.807, 2.05) is 121 Å². The van der Waals surface area contributed by atoms with E-state index in [2.05, 4.69) is 28.2 Å². The summed E-state index contributed by atoms with van der Waals surface area (Å²) in [6.45, 7) is 0. The van der Waals surface area contributed by atoms with E-state index in [1.54, 1.807) is 12.1 Å². The van der Waals surface area contributed by atoms with E-state index < -0.39 is 34.8 Å². The lowest BCUT2D eigenvalue weighted by Crippen LogP contribution is -2.04. The van der Waals surface area contributed by atoms with Crippen LogP contribution in [0.3, 0.4) is 0 Å². The van der Waals surface area contributed by atoms with Gasteiger partial charge in [-0.15, -0.1) is 0 Å². The molecule has 0 unspecified atom stereocenters. The Morgan fingerprint density at radius 1 is 0.333 bits per heavy atom. The first-order valence-electron chi connectivity index (χ1n) is 18.9. The fraction of sp³-hybridized carbons (Fsp3) is 0. The number of halogens is 5. The van der Waals surface area contributed by atoms with Gasteiger partial charge < -0.3 is 14.7 Å². The van der Waals surface area contributed by atoms with Crippen molar-refractivity contribution >= 4 is 46.4 Å². The second-order valence-electron chi connectivity index (χ2n) is 14.1. The van der Waals surface area contributed by atoms with Gasteiger partial charge in [0.1, 0.15) is 5.75 Å². The zero-order valence-electron chi connectivity index (χ0n) is 31.3. The number of H-pyrrole nitrogens is 2. The molecule has 0 spiro atoms. The van der Waals surface area contributed by atoms with Crippen molar-refractivity contribution in [1.82, 2.24) is 19.9 Å². The van der Waals surface area contributed by atoms with Gasteiger partial charge in [0.15, 0.2) is 0 Å². The van der Waals surface area contributed by atoms with Crippen molar-refractivity contribution in [3.63, 3.8) is 0 Å². The minimum Gasteiger partial charge on any atom is -0.451 e. The summed E-state index contributed by atoms with van der Waals surface area (Å²) >= 11 is 0. The van der Waals surface area contributed by atoms with E-state index in [4.69, 9.17) is 14.7 Å². The van der Waals surface area contributed by atoms with Crippen LogP contribution in [0, 0.1) is 29.1 Å². The van der Waals surface area contributed by atoms with Crippen molar-refractivity contribution in [2.24, 2.45) is 0 Å². The van der Waals surface area contributed by atoms with Crippen LogP contribution in [0.15, 0.2) is 140 Å². The lowest BCUT2D eigenvalue weighted by molar-refractivity contribution is 0.332. The third kappa shape index (κ3) is 6.35. The third-order valence-electron chi connectivity index (χ3n) is 10.5. The summed E-state index contributed by atoms with van der Waals surface area (Å²) in [6, 6.07) is 44.2. The van der Waals surface area contributed by atoms with Crippen molar-refractivity contribution < 1.29 is 26.7 Å². The number of aromatic amines is 2. The maximum atomic E-state index is 14.6. The van der Waals surface area contributed by atoms with Crippen LogP contribution in [-0.4, -0.2) is 19.9 Å². The van der Waals surface area contributed by atoms with Crippen molar-refractivity contribution in [3.05, 3.63) is 191 Å². The van der Waals surface area contributed by atoms with Crippen molar-refractivity contribution in [2.45, 2.75) is 0 Å². The largest absolute Gasteiger partial charge is 0.451 e. The average Bonchev–Trinajstić information content (AvgIpc) is 4.14.